The molecule has 2 aromatic heterocycles. The minimum Gasteiger partial charge on any atom is -0.425 e. The fourth-order valence-electron chi connectivity index (χ4n) is 4.11. The van der Waals surface area contributed by atoms with Crippen molar-refractivity contribution >= 4 is 5.69 Å². The van der Waals surface area contributed by atoms with Crippen LogP contribution in [0.25, 0.3) is 0 Å². The summed E-state index contributed by atoms with van der Waals surface area (Å²) in [6.07, 6.45) is 10.1. The zero-order chi connectivity index (χ0) is 19.2. The van der Waals surface area contributed by atoms with E-state index >= 15 is 0 Å². The van der Waals surface area contributed by atoms with E-state index in [9.17, 15) is 0 Å². The van der Waals surface area contributed by atoms with Gasteiger partial charge in [0.1, 0.15) is 0 Å². The van der Waals surface area contributed by atoms with Gasteiger partial charge >= 0.3 is 0 Å². The maximum atomic E-state index is 5.83. The molecule has 0 spiro atoms. The lowest BCUT2D eigenvalue weighted by Crippen LogP contribution is -2.32. The Hall–Kier alpha value is -2.17. The molecule has 3 rings (SSSR count). The van der Waals surface area contributed by atoms with Crippen molar-refractivity contribution in [3.63, 3.8) is 0 Å². The summed E-state index contributed by atoms with van der Waals surface area (Å²) in [5.74, 6) is 3.84. The molecule has 1 aliphatic carbocycles. The van der Waals surface area contributed by atoms with Gasteiger partial charge in [-0.1, -0.05) is 32.4 Å². The number of allylic oxidation sites excluding steroid dienone is 1. The average molecular weight is 369 g/mol. The minimum absolute atomic E-state index is 0.488. The van der Waals surface area contributed by atoms with Crippen LogP contribution in [0, 0.1) is 23.7 Å². The topological polar surface area (TPSA) is 63.8 Å². The van der Waals surface area contributed by atoms with Gasteiger partial charge in [-0.15, -0.1) is 10.2 Å². The number of aromatic nitrogens is 3. The summed E-state index contributed by atoms with van der Waals surface area (Å²) in [5, 5.41) is 12.0. The van der Waals surface area contributed by atoms with Crippen molar-refractivity contribution in [2.75, 3.05) is 11.9 Å². The first-order chi connectivity index (χ1) is 13.1. The fourth-order valence-corrected chi connectivity index (χ4v) is 4.11. The number of nitrogens with one attached hydrogen (secondary N) is 1. The van der Waals surface area contributed by atoms with Crippen molar-refractivity contribution in [2.45, 2.75) is 53.4 Å². The summed E-state index contributed by atoms with van der Waals surface area (Å²) in [6.45, 7) is 9.99. The van der Waals surface area contributed by atoms with Crippen molar-refractivity contribution < 1.29 is 4.42 Å². The summed E-state index contributed by atoms with van der Waals surface area (Å²) >= 11 is 0. The quantitative estimate of drug-likeness (QED) is 0.670. The Kier molecular flexibility index (Phi) is 6.64. The van der Waals surface area contributed by atoms with E-state index < -0.39 is 0 Å². The molecule has 2 heterocycles. The second-order valence-corrected chi connectivity index (χ2v) is 8.08. The van der Waals surface area contributed by atoms with Crippen molar-refractivity contribution in [2.24, 2.45) is 23.7 Å². The lowest BCUT2D eigenvalue weighted by Gasteiger charge is -2.37. The fraction of sp³-hybridized carbons (Fsp3) is 0.591. The van der Waals surface area contributed by atoms with Crippen molar-refractivity contribution in [3.8, 4) is 0 Å². The third-order valence-corrected chi connectivity index (χ3v) is 5.68. The van der Waals surface area contributed by atoms with Crippen LogP contribution in [0.4, 0.5) is 5.69 Å². The predicted molar refractivity (Wildman–Crippen MR) is 108 cm³/mol. The normalized spacial score (nSPS) is 22.7. The smallest absolute Gasteiger partial charge is 0.217 e. The highest BCUT2D eigenvalue weighted by Crippen LogP contribution is 2.39. The van der Waals surface area contributed by atoms with Crippen LogP contribution in [0.1, 0.15) is 52.3 Å². The van der Waals surface area contributed by atoms with Crippen LogP contribution < -0.4 is 5.32 Å². The zero-order valence-corrected chi connectivity index (χ0v) is 17.0. The summed E-state index contributed by atoms with van der Waals surface area (Å²) < 4.78 is 5.83. The molecule has 0 bridgehead atoms. The Morgan fingerprint density at radius 1 is 1.26 bits per heavy atom. The number of anilines is 1. The van der Waals surface area contributed by atoms with Gasteiger partial charge in [-0.2, -0.15) is 0 Å². The summed E-state index contributed by atoms with van der Waals surface area (Å²) in [6, 6.07) is 4.04. The Morgan fingerprint density at radius 2 is 2.07 bits per heavy atom. The lowest BCUT2D eigenvalue weighted by molar-refractivity contribution is 0.229. The first-order valence-electron chi connectivity index (χ1n) is 10.2. The van der Waals surface area contributed by atoms with Crippen molar-refractivity contribution in [1.82, 2.24) is 15.2 Å². The van der Waals surface area contributed by atoms with Crippen LogP contribution in [-0.2, 0) is 12.8 Å². The SMILES string of the molecule is CCCc1nnc(C[C@@H]2C[C@@H](C(C)C)[C@H](CNc3cccnc3)C=C2C)o1. The first-order valence-corrected chi connectivity index (χ1v) is 10.2. The number of rotatable bonds is 8. The Labute approximate surface area is 162 Å². The Bertz CT molecular complexity index is 738. The molecule has 146 valence electrons. The van der Waals surface area contributed by atoms with Gasteiger partial charge in [0.05, 0.1) is 5.69 Å². The van der Waals surface area contributed by atoms with Gasteiger partial charge in [-0.25, -0.2) is 0 Å². The van der Waals surface area contributed by atoms with E-state index in [0.717, 1.165) is 43.3 Å². The third kappa shape index (κ3) is 5.18. The predicted octanol–water partition coefficient (Wildman–Crippen LogP) is 4.93. The van der Waals surface area contributed by atoms with Crippen LogP contribution in [0.15, 0.2) is 40.6 Å². The highest BCUT2D eigenvalue weighted by molar-refractivity contribution is 5.40. The number of hydrogen-bond acceptors (Lipinski definition) is 5. The monoisotopic (exact) mass is 368 g/mol. The number of hydrogen-bond donors (Lipinski definition) is 1. The van der Waals surface area contributed by atoms with E-state index in [0.29, 0.717) is 23.7 Å². The molecule has 0 aromatic carbocycles. The molecular formula is C22H32N4O. The largest absolute Gasteiger partial charge is 0.425 e. The lowest BCUT2D eigenvalue weighted by atomic mass is 9.70. The van der Waals surface area contributed by atoms with E-state index in [2.05, 4.69) is 60.3 Å². The van der Waals surface area contributed by atoms with E-state index in [1.54, 1.807) is 6.20 Å². The van der Waals surface area contributed by atoms with Crippen LogP contribution in [0.5, 0.6) is 0 Å². The number of aryl methyl sites for hydroxylation is 1. The van der Waals surface area contributed by atoms with Crippen molar-refractivity contribution in [3.05, 3.63) is 48.0 Å². The maximum absolute atomic E-state index is 5.83. The molecule has 5 heteroatoms. The number of pyridine rings is 1. The second-order valence-electron chi connectivity index (χ2n) is 8.08. The van der Waals surface area contributed by atoms with Crippen molar-refractivity contribution in [1.29, 1.82) is 0 Å². The van der Waals surface area contributed by atoms with E-state index in [-0.39, 0.29) is 0 Å². The van der Waals surface area contributed by atoms with E-state index in [1.165, 1.54) is 12.0 Å². The maximum Gasteiger partial charge on any atom is 0.217 e. The van der Waals surface area contributed by atoms with Gasteiger partial charge < -0.3 is 9.73 Å². The molecule has 0 radical (unpaired) electrons. The molecule has 0 saturated carbocycles. The molecule has 1 N–H and O–H groups in total. The van der Waals surface area contributed by atoms with Gasteiger partial charge in [-0.05, 0) is 55.6 Å². The molecule has 0 amide bonds. The molecule has 2 aromatic rings. The number of nitrogens with zero attached hydrogens (tertiary/aromatic N) is 3. The highest BCUT2D eigenvalue weighted by atomic mass is 16.4. The summed E-state index contributed by atoms with van der Waals surface area (Å²) in [7, 11) is 0. The Balaban J connectivity index is 1.67. The second kappa shape index (κ2) is 9.16. The molecule has 0 fully saturated rings. The molecule has 0 saturated heterocycles. The third-order valence-electron chi connectivity index (χ3n) is 5.68. The van der Waals surface area contributed by atoms with Gasteiger partial charge in [0, 0.05) is 31.8 Å². The van der Waals surface area contributed by atoms with Gasteiger partial charge in [0.2, 0.25) is 11.8 Å². The van der Waals surface area contributed by atoms with E-state index in [1.807, 2.05) is 12.3 Å². The molecule has 0 aliphatic heterocycles. The van der Waals surface area contributed by atoms with Crippen LogP contribution in [0.2, 0.25) is 0 Å². The average Bonchev–Trinajstić information content (AvgIpc) is 3.10. The van der Waals surface area contributed by atoms with Crippen LogP contribution in [-0.4, -0.2) is 21.7 Å². The van der Waals surface area contributed by atoms with Gasteiger partial charge in [0.15, 0.2) is 0 Å². The van der Waals surface area contributed by atoms with Gasteiger partial charge in [0.25, 0.3) is 0 Å². The highest BCUT2D eigenvalue weighted by Gasteiger charge is 2.32. The van der Waals surface area contributed by atoms with Gasteiger partial charge in [-0.3, -0.25) is 4.98 Å². The first kappa shape index (κ1) is 19.6. The molecule has 1 aliphatic rings. The van der Waals surface area contributed by atoms with Crippen LogP contribution >= 0.6 is 0 Å². The zero-order valence-electron chi connectivity index (χ0n) is 17.0. The molecular weight excluding hydrogens is 336 g/mol. The minimum atomic E-state index is 0.488. The van der Waals surface area contributed by atoms with Crippen LogP contribution in [0.3, 0.4) is 0 Å². The summed E-state index contributed by atoms with van der Waals surface area (Å²) in [4.78, 5) is 4.19. The standard InChI is InChI=1S/C22H32N4O/c1-5-7-21-25-26-22(27-21)12-17-11-20(15(2)3)18(10-16(17)4)13-24-19-8-6-9-23-14-19/h6,8-10,14-15,17-18,20,24H,5,7,11-13H2,1-4H3/t17-,18-,20-/m0/s1. The molecule has 27 heavy (non-hydrogen) atoms. The summed E-state index contributed by atoms with van der Waals surface area (Å²) in [5.41, 5.74) is 2.53. The molecule has 5 nitrogen and oxygen atoms in total. The molecule has 3 atom stereocenters. The molecule has 0 unspecified atom stereocenters. The Morgan fingerprint density at radius 3 is 2.78 bits per heavy atom. The van der Waals surface area contributed by atoms with E-state index in [4.69, 9.17) is 4.42 Å².